The lowest BCUT2D eigenvalue weighted by molar-refractivity contribution is 0.0841. The van der Waals surface area contributed by atoms with Gasteiger partial charge in [-0.3, -0.25) is 0 Å². The fourth-order valence-corrected chi connectivity index (χ4v) is 3.03. The molecule has 1 aliphatic carbocycles. The number of aliphatic hydroxyl groups excluding tert-OH is 1. The molecule has 2 heteroatoms. The van der Waals surface area contributed by atoms with Crippen molar-refractivity contribution >= 4 is 0 Å². The molecule has 18 heavy (non-hydrogen) atoms. The van der Waals surface area contributed by atoms with Crippen LogP contribution in [-0.2, 0) is 0 Å². The molecule has 0 radical (unpaired) electrons. The second-order valence-corrected chi connectivity index (χ2v) is 5.71. The maximum atomic E-state index is 10.4. The van der Waals surface area contributed by atoms with E-state index in [9.17, 15) is 5.11 Å². The topological polar surface area (TPSA) is 23.5 Å². The molecule has 0 heterocycles. The molecule has 0 bridgehead atoms. The fourth-order valence-electron chi connectivity index (χ4n) is 3.03. The molecule has 2 atom stereocenters. The Morgan fingerprint density at radius 3 is 2.44 bits per heavy atom. The normalized spacial score (nSPS) is 20.2. The highest BCUT2D eigenvalue weighted by atomic mass is 16.3. The van der Waals surface area contributed by atoms with E-state index in [0.29, 0.717) is 0 Å². The zero-order valence-corrected chi connectivity index (χ0v) is 11.5. The van der Waals surface area contributed by atoms with Gasteiger partial charge in [-0.2, -0.15) is 0 Å². The number of hydrogen-bond donors (Lipinski definition) is 1. The highest BCUT2D eigenvalue weighted by molar-refractivity contribution is 5.17. The minimum absolute atomic E-state index is 0.276. The number of hydrogen-bond acceptors (Lipinski definition) is 2. The Kier molecular flexibility index (Phi) is 4.79. The number of aliphatic hydroxyl groups is 1. The Labute approximate surface area is 111 Å². The molecule has 0 aliphatic heterocycles. The van der Waals surface area contributed by atoms with Crippen LogP contribution in [0.1, 0.15) is 44.3 Å². The molecule has 0 spiro atoms. The summed E-state index contributed by atoms with van der Waals surface area (Å²) in [4.78, 5) is 2.43. The minimum Gasteiger partial charge on any atom is -0.388 e. The molecule has 0 amide bonds. The van der Waals surface area contributed by atoms with Crippen molar-refractivity contribution in [1.82, 2.24) is 4.90 Å². The summed E-state index contributed by atoms with van der Waals surface area (Å²) in [6, 6.07) is 10.7. The summed E-state index contributed by atoms with van der Waals surface area (Å²) in [5, 5.41) is 10.4. The van der Waals surface area contributed by atoms with Crippen LogP contribution in [0.3, 0.4) is 0 Å². The average Bonchev–Trinajstić information content (AvgIpc) is 2.92. The average molecular weight is 247 g/mol. The van der Waals surface area contributed by atoms with Crippen LogP contribution in [0.25, 0.3) is 0 Å². The third-order valence-corrected chi connectivity index (χ3v) is 4.20. The standard InChI is InChI=1S/C16H25NO/c1-13(12-17(2)15-10-6-7-11-15)16(18)14-8-4-3-5-9-14/h3-5,8-9,13,15-16,18H,6-7,10-12H2,1-2H3. The van der Waals surface area contributed by atoms with Crippen molar-refractivity contribution < 1.29 is 5.11 Å². The second-order valence-electron chi connectivity index (χ2n) is 5.71. The van der Waals surface area contributed by atoms with Gasteiger partial charge in [0.1, 0.15) is 0 Å². The van der Waals surface area contributed by atoms with E-state index < -0.39 is 0 Å². The number of benzene rings is 1. The molecule has 100 valence electrons. The first kappa shape index (κ1) is 13.6. The second kappa shape index (κ2) is 6.35. The first-order valence-corrected chi connectivity index (χ1v) is 7.11. The lowest BCUT2D eigenvalue weighted by Crippen LogP contribution is -2.34. The van der Waals surface area contributed by atoms with E-state index in [2.05, 4.69) is 18.9 Å². The Morgan fingerprint density at radius 1 is 1.22 bits per heavy atom. The molecule has 1 aromatic rings. The largest absolute Gasteiger partial charge is 0.388 e. The van der Waals surface area contributed by atoms with Gasteiger partial charge in [-0.15, -0.1) is 0 Å². The third kappa shape index (κ3) is 3.33. The van der Waals surface area contributed by atoms with Gasteiger partial charge < -0.3 is 10.0 Å². The summed E-state index contributed by atoms with van der Waals surface area (Å²) in [5.41, 5.74) is 1.03. The van der Waals surface area contributed by atoms with E-state index in [-0.39, 0.29) is 12.0 Å². The molecule has 2 nitrogen and oxygen atoms in total. The van der Waals surface area contributed by atoms with Crippen molar-refractivity contribution in [1.29, 1.82) is 0 Å². The van der Waals surface area contributed by atoms with E-state index in [1.807, 2.05) is 30.3 Å². The lowest BCUT2D eigenvalue weighted by atomic mass is 9.96. The van der Waals surface area contributed by atoms with E-state index >= 15 is 0 Å². The van der Waals surface area contributed by atoms with Crippen LogP contribution in [0.2, 0.25) is 0 Å². The van der Waals surface area contributed by atoms with Gasteiger partial charge in [0.05, 0.1) is 6.10 Å². The van der Waals surface area contributed by atoms with E-state index in [1.165, 1.54) is 25.7 Å². The summed E-state index contributed by atoms with van der Waals surface area (Å²) in [5.74, 6) is 0.276. The highest BCUT2D eigenvalue weighted by Crippen LogP contribution is 2.26. The van der Waals surface area contributed by atoms with Crippen LogP contribution in [0.5, 0.6) is 0 Å². The third-order valence-electron chi connectivity index (χ3n) is 4.20. The van der Waals surface area contributed by atoms with Gasteiger partial charge >= 0.3 is 0 Å². The molecule has 1 aliphatic rings. The summed E-state index contributed by atoms with van der Waals surface area (Å²) in [6.07, 6.45) is 5.03. The summed E-state index contributed by atoms with van der Waals surface area (Å²) >= 11 is 0. The quantitative estimate of drug-likeness (QED) is 0.863. The molecule has 0 aromatic heterocycles. The Morgan fingerprint density at radius 2 is 1.83 bits per heavy atom. The predicted molar refractivity (Wildman–Crippen MR) is 75.5 cm³/mol. The van der Waals surface area contributed by atoms with Crippen LogP contribution in [0.4, 0.5) is 0 Å². The Bertz CT molecular complexity index is 345. The molecule has 1 saturated carbocycles. The predicted octanol–water partition coefficient (Wildman–Crippen LogP) is 3.23. The highest BCUT2D eigenvalue weighted by Gasteiger charge is 2.23. The molecule has 1 N–H and O–H groups in total. The summed E-state index contributed by atoms with van der Waals surface area (Å²) in [7, 11) is 2.20. The van der Waals surface area contributed by atoms with Crippen LogP contribution in [0, 0.1) is 5.92 Å². The number of nitrogens with zero attached hydrogens (tertiary/aromatic N) is 1. The molecule has 2 unspecified atom stereocenters. The lowest BCUT2D eigenvalue weighted by Gasteiger charge is -2.29. The van der Waals surface area contributed by atoms with Gasteiger partial charge in [0.15, 0.2) is 0 Å². The van der Waals surface area contributed by atoms with Crippen molar-refractivity contribution in [3.05, 3.63) is 35.9 Å². The maximum absolute atomic E-state index is 10.4. The van der Waals surface area contributed by atoms with Gasteiger partial charge in [0.25, 0.3) is 0 Å². The van der Waals surface area contributed by atoms with E-state index in [0.717, 1.165) is 18.2 Å². The van der Waals surface area contributed by atoms with Crippen molar-refractivity contribution in [3.8, 4) is 0 Å². The zero-order valence-electron chi connectivity index (χ0n) is 11.5. The Balaban J connectivity index is 1.88. The smallest absolute Gasteiger partial charge is 0.0827 e. The van der Waals surface area contributed by atoms with Crippen LogP contribution in [-0.4, -0.2) is 29.6 Å². The molecule has 2 rings (SSSR count). The summed E-state index contributed by atoms with van der Waals surface area (Å²) < 4.78 is 0. The minimum atomic E-state index is -0.352. The van der Waals surface area contributed by atoms with Crippen molar-refractivity contribution in [2.24, 2.45) is 5.92 Å². The first-order valence-electron chi connectivity index (χ1n) is 7.11. The zero-order chi connectivity index (χ0) is 13.0. The maximum Gasteiger partial charge on any atom is 0.0827 e. The number of rotatable bonds is 5. The molecule has 1 fully saturated rings. The molecular weight excluding hydrogens is 222 g/mol. The van der Waals surface area contributed by atoms with E-state index in [4.69, 9.17) is 0 Å². The monoisotopic (exact) mass is 247 g/mol. The van der Waals surface area contributed by atoms with Gasteiger partial charge in [-0.1, -0.05) is 50.1 Å². The van der Waals surface area contributed by atoms with E-state index in [1.54, 1.807) is 0 Å². The van der Waals surface area contributed by atoms with Crippen molar-refractivity contribution in [2.75, 3.05) is 13.6 Å². The fraction of sp³-hybridized carbons (Fsp3) is 0.625. The molecular formula is C16H25NO. The molecule has 0 saturated heterocycles. The molecule has 1 aromatic carbocycles. The van der Waals surface area contributed by atoms with Gasteiger partial charge in [0, 0.05) is 12.6 Å². The van der Waals surface area contributed by atoms with Crippen LogP contribution >= 0.6 is 0 Å². The Hall–Kier alpha value is -0.860. The SMILES string of the molecule is CC(CN(C)C1CCCC1)C(O)c1ccccc1. The van der Waals surface area contributed by atoms with Crippen molar-refractivity contribution in [3.63, 3.8) is 0 Å². The van der Waals surface area contributed by atoms with Gasteiger partial charge in [-0.25, -0.2) is 0 Å². The van der Waals surface area contributed by atoms with Crippen molar-refractivity contribution in [2.45, 2.75) is 44.8 Å². The van der Waals surface area contributed by atoms with Gasteiger partial charge in [0.2, 0.25) is 0 Å². The first-order chi connectivity index (χ1) is 8.68. The van der Waals surface area contributed by atoms with Crippen LogP contribution in [0.15, 0.2) is 30.3 Å². The van der Waals surface area contributed by atoms with Gasteiger partial charge in [-0.05, 0) is 31.4 Å². The van der Waals surface area contributed by atoms with Crippen LogP contribution < -0.4 is 0 Å². The summed E-state index contributed by atoms with van der Waals surface area (Å²) in [6.45, 7) is 3.11.